The summed E-state index contributed by atoms with van der Waals surface area (Å²) in [7, 11) is -3.84. The maximum absolute atomic E-state index is 13.0. The van der Waals surface area contributed by atoms with Gasteiger partial charge in [-0.2, -0.15) is 0 Å². The molecule has 0 atom stereocenters. The molecule has 1 fully saturated rings. The highest BCUT2D eigenvalue weighted by atomic mass is 32.2. The average molecular weight is 444 g/mol. The lowest BCUT2D eigenvalue weighted by molar-refractivity contribution is 0.0620. The van der Waals surface area contributed by atoms with Crippen LogP contribution in [0.25, 0.3) is 0 Å². The van der Waals surface area contributed by atoms with Crippen molar-refractivity contribution in [2.24, 2.45) is 0 Å². The second-order valence-electron chi connectivity index (χ2n) is 7.28. The molecular weight excluding hydrogens is 421 g/mol. The zero-order valence-corrected chi connectivity index (χ0v) is 17.5. The molecule has 3 aromatic rings. The molecule has 0 saturated carbocycles. The Balaban J connectivity index is 1.34. The van der Waals surface area contributed by atoms with E-state index < -0.39 is 15.8 Å². The Morgan fingerprint density at radius 3 is 2.26 bits per heavy atom. The van der Waals surface area contributed by atoms with Gasteiger partial charge in [0.2, 0.25) is 0 Å². The predicted octanol–water partition coefficient (Wildman–Crippen LogP) is 3.18. The molecule has 1 amide bonds. The monoisotopic (exact) mass is 443 g/mol. The molecule has 1 aliphatic heterocycles. The lowest BCUT2D eigenvalue weighted by Gasteiger charge is -2.34. The van der Waals surface area contributed by atoms with Crippen molar-refractivity contribution >= 4 is 21.6 Å². The van der Waals surface area contributed by atoms with Crippen molar-refractivity contribution in [3.05, 3.63) is 84.1 Å². The van der Waals surface area contributed by atoms with Crippen LogP contribution in [-0.2, 0) is 16.6 Å². The van der Waals surface area contributed by atoms with E-state index in [1.54, 1.807) is 35.4 Å². The van der Waals surface area contributed by atoms with E-state index in [2.05, 4.69) is 9.62 Å². The third-order valence-electron chi connectivity index (χ3n) is 5.13. The Morgan fingerprint density at radius 1 is 0.968 bits per heavy atom. The molecule has 0 aliphatic carbocycles. The minimum atomic E-state index is -3.84. The number of benzene rings is 2. The van der Waals surface area contributed by atoms with Gasteiger partial charge < -0.3 is 9.32 Å². The van der Waals surface area contributed by atoms with E-state index in [0.717, 1.165) is 37.5 Å². The summed E-state index contributed by atoms with van der Waals surface area (Å²) in [6.07, 6.45) is 1.65. The largest absolute Gasteiger partial charge is 0.468 e. The number of hydrogen-bond acceptors (Lipinski definition) is 5. The molecule has 4 rings (SSSR count). The highest BCUT2D eigenvalue weighted by Gasteiger charge is 2.23. The van der Waals surface area contributed by atoms with E-state index in [1.807, 2.05) is 12.1 Å². The number of furan rings is 1. The number of piperazine rings is 1. The van der Waals surface area contributed by atoms with E-state index in [9.17, 15) is 17.6 Å². The Labute approximate surface area is 180 Å². The predicted molar refractivity (Wildman–Crippen MR) is 114 cm³/mol. The summed E-state index contributed by atoms with van der Waals surface area (Å²) in [4.78, 5) is 16.8. The van der Waals surface area contributed by atoms with Gasteiger partial charge in [0.25, 0.3) is 15.9 Å². The molecular formula is C22H22FN3O4S. The Hall–Kier alpha value is -3.17. The second kappa shape index (κ2) is 8.91. The number of carbonyl (C=O) groups excluding carboxylic acids is 1. The van der Waals surface area contributed by atoms with Crippen LogP contribution in [0, 0.1) is 5.82 Å². The highest BCUT2D eigenvalue weighted by molar-refractivity contribution is 7.92. The third kappa shape index (κ3) is 5.12. The zero-order chi connectivity index (χ0) is 21.8. The van der Waals surface area contributed by atoms with E-state index in [0.29, 0.717) is 24.3 Å². The zero-order valence-electron chi connectivity index (χ0n) is 16.7. The lowest BCUT2D eigenvalue weighted by Crippen LogP contribution is -2.48. The summed E-state index contributed by atoms with van der Waals surface area (Å²) in [6, 6.07) is 14.6. The van der Waals surface area contributed by atoms with Crippen molar-refractivity contribution in [3.8, 4) is 0 Å². The maximum Gasteiger partial charge on any atom is 0.261 e. The van der Waals surface area contributed by atoms with Gasteiger partial charge in [-0.15, -0.1) is 0 Å². The van der Waals surface area contributed by atoms with Crippen LogP contribution >= 0.6 is 0 Å². The Bertz CT molecular complexity index is 1120. The number of halogens is 1. The number of sulfonamides is 1. The molecule has 0 spiro atoms. The van der Waals surface area contributed by atoms with Gasteiger partial charge in [-0.05, 0) is 60.7 Å². The lowest BCUT2D eigenvalue weighted by atomic mass is 10.1. The molecule has 0 bridgehead atoms. The summed E-state index contributed by atoms with van der Waals surface area (Å²) in [6.45, 7) is 3.44. The number of amides is 1. The molecule has 2 aromatic carbocycles. The molecule has 31 heavy (non-hydrogen) atoms. The van der Waals surface area contributed by atoms with Gasteiger partial charge in [0, 0.05) is 37.4 Å². The van der Waals surface area contributed by atoms with Crippen molar-refractivity contribution in [3.63, 3.8) is 0 Å². The summed E-state index contributed by atoms with van der Waals surface area (Å²) in [5, 5.41) is 0. The van der Waals surface area contributed by atoms with Gasteiger partial charge in [0.15, 0.2) is 0 Å². The molecule has 162 valence electrons. The molecule has 1 aromatic heterocycles. The van der Waals surface area contributed by atoms with Crippen LogP contribution in [0.15, 0.2) is 76.2 Å². The van der Waals surface area contributed by atoms with Crippen molar-refractivity contribution in [2.45, 2.75) is 11.4 Å². The fourth-order valence-corrected chi connectivity index (χ4v) is 4.48. The molecule has 1 aliphatic rings. The van der Waals surface area contributed by atoms with Gasteiger partial charge in [-0.25, -0.2) is 12.8 Å². The molecule has 0 radical (unpaired) electrons. The first-order valence-electron chi connectivity index (χ1n) is 9.83. The van der Waals surface area contributed by atoms with Crippen molar-refractivity contribution in [1.29, 1.82) is 0 Å². The quantitative estimate of drug-likeness (QED) is 0.633. The average Bonchev–Trinajstić information content (AvgIpc) is 3.27. The van der Waals surface area contributed by atoms with Crippen LogP contribution in [0.5, 0.6) is 0 Å². The molecule has 2 heterocycles. The van der Waals surface area contributed by atoms with Gasteiger partial charge in [-0.3, -0.25) is 14.4 Å². The van der Waals surface area contributed by atoms with E-state index in [4.69, 9.17) is 4.42 Å². The fourth-order valence-electron chi connectivity index (χ4n) is 3.42. The van der Waals surface area contributed by atoms with Crippen LogP contribution in [0.4, 0.5) is 10.1 Å². The fraction of sp³-hybridized carbons (Fsp3) is 0.227. The van der Waals surface area contributed by atoms with Gasteiger partial charge in [-0.1, -0.05) is 0 Å². The van der Waals surface area contributed by atoms with Gasteiger partial charge >= 0.3 is 0 Å². The van der Waals surface area contributed by atoms with E-state index in [1.165, 1.54) is 12.1 Å². The topological polar surface area (TPSA) is 82.9 Å². The van der Waals surface area contributed by atoms with Crippen LogP contribution in [0.3, 0.4) is 0 Å². The smallest absolute Gasteiger partial charge is 0.261 e. The van der Waals surface area contributed by atoms with E-state index >= 15 is 0 Å². The summed E-state index contributed by atoms with van der Waals surface area (Å²) in [5.41, 5.74) is 0.813. The number of nitrogens with one attached hydrogen (secondary N) is 1. The van der Waals surface area contributed by atoms with Crippen molar-refractivity contribution < 1.29 is 22.0 Å². The second-order valence-corrected chi connectivity index (χ2v) is 8.97. The van der Waals surface area contributed by atoms with Crippen LogP contribution in [0.2, 0.25) is 0 Å². The molecule has 0 unspecified atom stereocenters. The number of nitrogens with zero attached hydrogens (tertiary/aromatic N) is 2. The normalized spacial score (nSPS) is 15.1. The van der Waals surface area contributed by atoms with Crippen LogP contribution in [0.1, 0.15) is 16.1 Å². The number of anilines is 1. The molecule has 7 nitrogen and oxygen atoms in total. The highest BCUT2D eigenvalue weighted by Crippen LogP contribution is 2.18. The van der Waals surface area contributed by atoms with Gasteiger partial charge in [0.05, 0.1) is 17.7 Å². The summed E-state index contributed by atoms with van der Waals surface area (Å²) < 4.78 is 45.6. The maximum atomic E-state index is 13.0. The van der Waals surface area contributed by atoms with Crippen LogP contribution in [-0.4, -0.2) is 50.3 Å². The SMILES string of the molecule is O=C(c1ccc(NS(=O)(=O)c2ccc(F)cc2)cc1)N1CCN(Cc2ccco2)CC1. The van der Waals surface area contributed by atoms with Crippen molar-refractivity contribution in [1.82, 2.24) is 9.80 Å². The Morgan fingerprint density at radius 2 is 1.65 bits per heavy atom. The first-order valence-corrected chi connectivity index (χ1v) is 11.3. The van der Waals surface area contributed by atoms with Crippen LogP contribution < -0.4 is 4.72 Å². The Kier molecular flexibility index (Phi) is 6.06. The van der Waals surface area contributed by atoms with E-state index in [-0.39, 0.29) is 10.8 Å². The number of carbonyl (C=O) groups is 1. The third-order valence-corrected chi connectivity index (χ3v) is 6.52. The molecule has 9 heteroatoms. The number of rotatable bonds is 6. The summed E-state index contributed by atoms with van der Waals surface area (Å²) >= 11 is 0. The first-order chi connectivity index (χ1) is 14.9. The standard InChI is InChI=1S/C22H22FN3O4S/c23-18-5-9-21(10-6-18)31(28,29)24-19-7-3-17(4-8-19)22(27)26-13-11-25(12-14-26)16-20-2-1-15-30-20/h1-10,15,24H,11-14,16H2. The number of hydrogen-bond donors (Lipinski definition) is 1. The summed E-state index contributed by atoms with van der Waals surface area (Å²) in [5.74, 6) is 0.299. The molecule has 1 saturated heterocycles. The minimum absolute atomic E-state index is 0.0403. The minimum Gasteiger partial charge on any atom is -0.468 e. The molecule has 1 N–H and O–H groups in total. The first kappa shape index (κ1) is 21.1. The van der Waals surface area contributed by atoms with Crippen molar-refractivity contribution in [2.75, 3.05) is 30.9 Å². The van der Waals surface area contributed by atoms with Gasteiger partial charge in [0.1, 0.15) is 11.6 Å².